The molecule has 0 fully saturated rings. The minimum atomic E-state index is 0.0138. The number of aromatic nitrogens is 2. The van der Waals surface area contributed by atoms with Gasteiger partial charge in [0, 0.05) is 36.4 Å². The van der Waals surface area contributed by atoms with E-state index in [4.69, 9.17) is 0 Å². The summed E-state index contributed by atoms with van der Waals surface area (Å²) in [6.45, 7) is 0. The molecule has 0 amide bonds. The quantitative estimate of drug-likeness (QED) is 0.187. The molecular weight excluding hydrogens is 492 g/mol. The van der Waals surface area contributed by atoms with Gasteiger partial charge < -0.3 is 8.80 Å². The molecule has 8 rings (SSSR count). The van der Waals surface area contributed by atoms with E-state index in [2.05, 4.69) is 45.2 Å². The summed E-state index contributed by atoms with van der Waals surface area (Å²) in [7, 11) is 0. The fourth-order valence-electron chi connectivity index (χ4n) is 6.35. The van der Waals surface area contributed by atoms with Crippen molar-refractivity contribution in [3.05, 3.63) is 164 Å². The van der Waals surface area contributed by atoms with Gasteiger partial charge in [0.15, 0.2) is 10.9 Å². The second kappa shape index (κ2) is 8.65. The summed E-state index contributed by atoms with van der Waals surface area (Å²) in [6.07, 6.45) is 5.03. The average Bonchev–Trinajstić information content (AvgIpc) is 3.00. The summed E-state index contributed by atoms with van der Waals surface area (Å²) in [4.78, 5) is 28.6. The molecule has 5 aromatic carbocycles. The molecule has 0 aliphatic carbocycles. The van der Waals surface area contributed by atoms with Crippen molar-refractivity contribution in [2.45, 2.75) is 12.8 Å². The number of fused-ring (bicyclic) bond motifs is 6. The average molecular weight is 517 g/mol. The maximum absolute atomic E-state index is 14.3. The van der Waals surface area contributed by atoms with Crippen LogP contribution in [0.15, 0.2) is 131 Å². The predicted molar refractivity (Wildman–Crippen MR) is 163 cm³/mol. The van der Waals surface area contributed by atoms with Crippen molar-refractivity contribution >= 4 is 43.6 Å². The third kappa shape index (κ3) is 3.26. The third-order valence-corrected chi connectivity index (χ3v) is 8.13. The highest BCUT2D eigenvalue weighted by Gasteiger charge is 2.23. The first-order chi connectivity index (χ1) is 19.7. The van der Waals surface area contributed by atoms with Gasteiger partial charge in [0.2, 0.25) is 0 Å². The largest absolute Gasteiger partial charge is 0.312 e. The zero-order chi connectivity index (χ0) is 26.8. The standard InChI is InChI=1S/C36H24N2O2/c39-35-25(19-23-11-3-1-4-12-23)21-37-29-17-9-10-18-30(29)38-22-26(20-24-13-5-2-6-14-24)36(40)32-28-16-8-7-15-27(28)31(35)33(37)34(32)38/h1-18,21-22H,19-20H2. The van der Waals surface area contributed by atoms with Crippen LogP contribution >= 0.6 is 0 Å². The Labute approximate surface area is 229 Å². The molecule has 40 heavy (non-hydrogen) atoms. The van der Waals surface area contributed by atoms with Gasteiger partial charge in [-0.3, -0.25) is 9.59 Å². The Kier molecular flexibility index (Phi) is 4.92. The minimum absolute atomic E-state index is 0.0138. The van der Waals surface area contributed by atoms with Crippen LogP contribution in [0.3, 0.4) is 0 Å². The molecule has 0 saturated heterocycles. The number of pyridine rings is 2. The zero-order valence-electron chi connectivity index (χ0n) is 21.7. The molecule has 4 heteroatoms. The van der Waals surface area contributed by atoms with Gasteiger partial charge in [-0.15, -0.1) is 0 Å². The van der Waals surface area contributed by atoms with Crippen LogP contribution in [0.4, 0.5) is 0 Å². The number of nitrogens with zero attached hydrogens (tertiary/aromatic N) is 2. The lowest BCUT2D eigenvalue weighted by atomic mass is 9.94. The van der Waals surface area contributed by atoms with E-state index in [0.29, 0.717) is 23.6 Å². The fourth-order valence-corrected chi connectivity index (χ4v) is 6.35. The SMILES string of the molecule is O=c1c(Cc2ccccc2)cn2c3ccccc3n3cc(Cc4ccccc4)c(=O)c4c5ccccc5c1c2c43. The predicted octanol–water partition coefficient (Wildman–Crippen LogP) is 6.99. The first kappa shape index (κ1) is 22.7. The van der Waals surface area contributed by atoms with Crippen molar-refractivity contribution in [3.8, 4) is 0 Å². The van der Waals surface area contributed by atoms with E-state index >= 15 is 0 Å². The molecule has 0 aliphatic rings. The molecule has 190 valence electrons. The monoisotopic (exact) mass is 516 g/mol. The van der Waals surface area contributed by atoms with Gasteiger partial charge in [0.05, 0.1) is 32.8 Å². The van der Waals surface area contributed by atoms with E-state index in [1.54, 1.807) is 0 Å². The van der Waals surface area contributed by atoms with Crippen LogP contribution in [-0.2, 0) is 12.8 Å². The second-order valence-electron chi connectivity index (χ2n) is 10.5. The molecular formula is C36H24N2O2. The number of benzene rings is 5. The van der Waals surface area contributed by atoms with Crippen molar-refractivity contribution in [3.63, 3.8) is 0 Å². The van der Waals surface area contributed by atoms with Crippen LogP contribution in [0.1, 0.15) is 22.3 Å². The minimum Gasteiger partial charge on any atom is -0.312 e. The summed E-state index contributed by atoms with van der Waals surface area (Å²) >= 11 is 0. The van der Waals surface area contributed by atoms with Gasteiger partial charge in [0.25, 0.3) is 0 Å². The Morgan fingerprint density at radius 2 is 0.825 bits per heavy atom. The van der Waals surface area contributed by atoms with Crippen LogP contribution in [0.2, 0.25) is 0 Å². The Morgan fingerprint density at radius 3 is 1.25 bits per heavy atom. The molecule has 3 aromatic heterocycles. The van der Waals surface area contributed by atoms with Gasteiger partial charge in [-0.05, 0) is 34.0 Å². The molecule has 0 unspecified atom stereocenters. The highest BCUT2D eigenvalue weighted by Crippen LogP contribution is 2.35. The maximum atomic E-state index is 14.3. The highest BCUT2D eigenvalue weighted by atomic mass is 16.1. The van der Waals surface area contributed by atoms with E-state index < -0.39 is 0 Å². The second-order valence-corrected chi connectivity index (χ2v) is 10.5. The van der Waals surface area contributed by atoms with E-state index in [9.17, 15) is 9.59 Å². The molecule has 4 nitrogen and oxygen atoms in total. The molecule has 0 radical (unpaired) electrons. The van der Waals surface area contributed by atoms with Gasteiger partial charge in [-0.25, -0.2) is 0 Å². The number of hydrogen-bond acceptors (Lipinski definition) is 2. The van der Waals surface area contributed by atoms with Gasteiger partial charge in [0.1, 0.15) is 0 Å². The number of hydrogen-bond donors (Lipinski definition) is 0. The lowest BCUT2D eigenvalue weighted by Crippen LogP contribution is -2.19. The Bertz CT molecular complexity index is 2180. The van der Waals surface area contributed by atoms with Crippen LogP contribution in [0, 0.1) is 0 Å². The molecule has 8 aromatic rings. The van der Waals surface area contributed by atoms with Crippen molar-refractivity contribution in [2.24, 2.45) is 0 Å². The zero-order valence-corrected chi connectivity index (χ0v) is 21.7. The fraction of sp³-hybridized carbons (Fsp3) is 0.0556. The molecule has 0 bridgehead atoms. The van der Waals surface area contributed by atoms with Crippen molar-refractivity contribution in [1.82, 2.24) is 8.80 Å². The lowest BCUT2D eigenvalue weighted by molar-refractivity contribution is 1.07. The molecule has 0 spiro atoms. The molecule has 0 aliphatic heterocycles. The normalized spacial score (nSPS) is 11.9. The molecule has 0 N–H and O–H groups in total. The first-order valence-electron chi connectivity index (χ1n) is 13.5. The van der Waals surface area contributed by atoms with E-state index in [0.717, 1.165) is 55.1 Å². The van der Waals surface area contributed by atoms with Crippen LogP contribution in [-0.4, -0.2) is 8.80 Å². The van der Waals surface area contributed by atoms with Crippen molar-refractivity contribution in [1.29, 1.82) is 0 Å². The van der Waals surface area contributed by atoms with Crippen LogP contribution in [0.5, 0.6) is 0 Å². The summed E-state index contributed by atoms with van der Waals surface area (Å²) in [5, 5.41) is 2.96. The summed E-state index contributed by atoms with van der Waals surface area (Å²) in [5.74, 6) is 0. The van der Waals surface area contributed by atoms with Gasteiger partial charge in [-0.1, -0.05) is 97.1 Å². The highest BCUT2D eigenvalue weighted by molar-refractivity contribution is 6.24. The molecule has 0 saturated carbocycles. The summed E-state index contributed by atoms with van der Waals surface area (Å²) in [5.41, 5.74) is 7.21. The third-order valence-electron chi connectivity index (χ3n) is 8.13. The summed E-state index contributed by atoms with van der Waals surface area (Å²) < 4.78 is 4.27. The maximum Gasteiger partial charge on any atom is 0.193 e. The lowest BCUT2D eigenvalue weighted by Gasteiger charge is -2.21. The van der Waals surface area contributed by atoms with E-state index in [1.165, 1.54) is 0 Å². The molecule has 3 heterocycles. The van der Waals surface area contributed by atoms with Crippen LogP contribution < -0.4 is 10.9 Å². The van der Waals surface area contributed by atoms with E-state index in [-0.39, 0.29) is 10.9 Å². The first-order valence-corrected chi connectivity index (χ1v) is 13.5. The topological polar surface area (TPSA) is 43.0 Å². The Hall–Kier alpha value is -5.22. The van der Waals surface area contributed by atoms with E-state index in [1.807, 2.05) is 85.2 Å². The number of rotatable bonds is 4. The van der Waals surface area contributed by atoms with Crippen LogP contribution in [0.25, 0.3) is 43.6 Å². The Morgan fingerprint density at radius 1 is 0.450 bits per heavy atom. The van der Waals surface area contributed by atoms with Crippen molar-refractivity contribution < 1.29 is 0 Å². The summed E-state index contributed by atoms with van der Waals surface area (Å²) in [6, 6.07) is 36.3. The number of para-hydroxylation sites is 2. The van der Waals surface area contributed by atoms with Crippen molar-refractivity contribution in [2.75, 3.05) is 0 Å². The Balaban J connectivity index is 1.59. The van der Waals surface area contributed by atoms with Gasteiger partial charge >= 0.3 is 0 Å². The molecule has 0 atom stereocenters. The smallest absolute Gasteiger partial charge is 0.193 e. The van der Waals surface area contributed by atoms with Gasteiger partial charge in [-0.2, -0.15) is 0 Å².